The number of thiazole rings is 1. The van der Waals surface area contributed by atoms with E-state index in [1.807, 2.05) is 37.3 Å². The fourth-order valence-electron chi connectivity index (χ4n) is 2.63. The number of hydrogen-bond donors (Lipinski definition) is 3. The number of aryl methyl sites for hydroxylation is 1. The molecule has 0 aliphatic heterocycles. The quantitative estimate of drug-likeness (QED) is 0.189. The molecule has 0 aliphatic rings. The number of nitrogens with one attached hydrogen (secondary N) is 3. The highest BCUT2D eigenvalue weighted by molar-refractivity contribution is 14.0. The lowest BCUT2D eigenvalue weighted by Gasteiger charge is -2.16. The van der Waals surface area contributed by atoms with Crippen LogP contribution in [-0.2, 0) is 16.1 Å². The van der Waals surface area contributed by atoms with Gasteiger partial charge >= 0.3 is 5.97 Å². The molecule has 1 amide bonds. The second kappa shape index (κ2) is 14.0. The van der Waals surface area contributed by atoms with Gasteiger partial charge < -0.3 is 20.7 Å². The lowest BCUT2D eigenvalue weighted by Crippen LogP contribution is -2.40. The van der Waals surface area contributed by atoms with Gasteiger partial charge in [-0.25, -0.2) is 9.78 Å². The topological polar surface area (TPSA) is 105 Å². The molecule has 3 N–H and O–H groups in total. The van der Waals surface area contributed by atoms with Crippen LogP contribution in [0.15, 0.2) is 35.3 Å². The average Bonchev–Trinajstić information content (AvgIpc) is 3.14. The monoisotopic (exact) mass is 559 g/mol. The highest BCUT2D eigenvalue weighted by Crippen LogP contribution is 2.24. The van der Waals surface area contributed by atoms with E-state index in [-0.39, 0.29) is 41.9 Å². The summed E-state index contributed by atoms with van der Waals surface area (Å²) in [6.07, 6.45) is 0.325. The summed E-state index contributed by atoms with van der Waals surface area (Å²) in [7, 11) is 1.66. The Labute approximate surface area is 204 Å². The van der Waals surface area contributed by atoms with Gasteiger partial charge in [-0.3, -0.25) is 9.79 Å². The van der Waals surface area contributed by atoms with Crippen LogP contribution in [-0.4, -0.2) is 43.0 Å². The Bertz CT molecular complexity index is 873. The van der Waals surface area contributed by atoms with Gasteiger partial charge in [-0.05, 0) is 26.3 Å². The van der Waals surface area contributed by atoms with Crippen LogP contribution in [0.25, 0.3) is 0 Å². The van der Waals surface area contributed by atoms with Crippen molar-refractivity contribution in [1.29, 1.82) is 0 Å². The number of benzene rings is 1. The number of amides is 1. The first-order valence-electron chi connectivity index (χ1n) is 9.86. The minimum atomic E-state index is -0.352. The third-order valence-corrected chi connectivity index (χ3v) is 5.52. The zero-order chi connectivity index (χ0) is 21.9. The zero-order valence-corrected chi connectivity index (χ0v) is 21.4. The van der Waals surface area contributed by atoms with E-state index in [1.54, 1.807) is 20.9 Å². The van der Waals surface area contributed by atoms with E-state index in [9.17, 15) is 9.59 Å². The van der Waals surface area contributed by atoms with Gasteiger partial charge in [0.2, 0.25) is 5.91 Å². The van der Waals surface area contributed by atoms with Crippen molar-refractivity contribution < 1.29 is 14.3 Å². The molecule has 0 saturated carbocycles. The van der Waals surface area contributed by atoms with Crippen LogP contribution >= 0.6 is 35.3 Å². The number of rotatable bonds is 9. The summed E-state index contributed by atoms with van der Waals surface area (Å²) in [5.74, 6) is 0.170. The Morgan fingerprint density at radius 2 is 1.94 bits per heavy atom. The molecule has 0 radical (unpaired) electrons. The van der Waals surface area contributed by atoms with Crippen LogP contribution in [0.4, 0.5) is 0 Å². The van der Waals surface area contributed by atoms with E-state index >= 15 is 0 Å². The van der Waals surface area contributed by atoms with E-state index in [0.717, 1.165) is 10.6 Å². The number of nitrogens with zero attached hydrogens (tertiary/aromatic N) is 2. The van der Waals surface area contributed by atoms with Crippen LogP contribution in [0.3, 0.4) is 0 Å². The van der Waals surface area contributed by atoms with Gasteiger partial charge in [0.25, 0.3) is 0 Å². The van der Waals surface area contributed by atoms with Gasteiger partial charge in [-0.1, -0.05) is 30.3 Å². The minimum Gasteiger partial charge on any atom is -0.462 e. The van der Waals surface area contributed by atoms with Crippen LogP contribution in [0.5, 0.6) is 0 Å². The largest absolute Gasteiger partial charge is 0.462 e. The summed E-state index contributed by atoms with van der Waals surface area (Å²) in [5.41, 5.74) is 1.71. The van der Waals surface area contributed by atoms with Gasteiger partial charge in [0.1, 0.15) is 9.88 Å². The molecule has 1 unspecified atom stereocenters. The molecule has 1 heterocycles. The molecule has 1 atom stereocenters. The number of halogens is 1. The zero-order valence-electron chi connectivity index (χ0n) is 18.2. The standard InChI is InChI=1S/C21H29N5O3S.HI/c1-5-29-20(28)18-14(2)25-19(30-18)15(3)26-21(22-4)23-12-11-17(27)24-13-16-9-7-6-8-10-16;/h6-10,15H,5,11-13H2,1-4H3,(H,24,27)(H2,22,23,26);1H. The number of aromatic nitrogens is 1. The number of carbonyl (C=O) groups excluding carboxylic acids is 2. The van der Waals surface area contributed by atoms with Crippen LogP contribution in [0.2, 0.25) is 0 Å². The molecule has 2 aromatic rings. The van der Waals surface area contributed by atoms with Gasteiger partial charge in [0, 0.05) is 26.6 Å². The van der Waals surface area contributed by atoms with Crippen LogP contribution < -0.4 is 16.0 Å². The molecule has 0 aliphatic carbocycles. The van der Waals surface area contributed by atoms with Crippen molar-refractivity contribution in [2.75, 3.05) is 20.2 Å². The highest BCUT2D eigenvalue weighted by atomic mass is 127. The SMILES string of the molecule is CCOC(=O)c1sc(C(C)NC(=NC)NCCC(=O)NCc2ccccc2)nc1C.I. The Kier molecular flexibility index (Phi) is 12.1. The summed E-state index contributed by atoms with van der Waals surface area (Å²) < 4.78 is 5.06. The maximum atomic E-state index is 12.0. The molecular formula is C21H30IN5O3S. The first-order valence-corrected chi connectivity index (χ1v) is 10.7. The molecule has 1 aromatic heterocycles. The average molecular weight is 559 g/mol. The van der Waals surface area contributed by atoms with E-state index < -0.39 is 0 Å². The normalized spacial score (nSPS) is 11.8. The van der Waals surface area contributed by atoms with E-state index in [4.69, 9.17) is 4.74 Å². The molecule has 1 aromatic carbocycles. The minimum absolute atomic E-state index is 0. The van der Waals surface area contributed by atoms with Crippen LogP contribution in [0, 0.1) is 6.92 Å². The predicted molar refractivity (Wildman–Crippen MR) is 134 cm³/mol. The Morgan fingerprint density at radius 1 is 1.23 bits per heavy atom. The second-order valence-electron chi connectivity index (χ2n) is 6.56. The number of hydrogen-bond acceptors (Lipinski definition) is 6. The molecule has 170 valence electrons. The molecule has 8 nitrogen and oxygen atoms in total. The van der Waals surface area contributed by atoms with Crippen molar-refractivity contribution >= 4 is 53.1 Å². The maximum absolute atomic E-state index is 12.0. The molecular weight excluding hydrogens is 529 g/mol. The van der Waals surface area contributed by atoms with Gasteiger partial charge in [0.05, 0.1) is 18.3 Å². The summed E-state index contributed by atoms with van der Waals surface area (Å²) in [6, 6.07) is 9.62. The summed E-state index contributed by atoms with van der Waals surface area (Å²) in [4.78, 5) is 33.2. The number of esters is 1. The lowest BCUT2D eigenvalue weighted by atomic mass is 10.2. The van der Waals surface area contributed by atoms with Crippen molar-refractivity contribution in [2.45, 2.75) is 39.8 Å². The van der Waals surface area contributed by atoms with Gasteiger partial charge in [-0.2, -0.15) is 0 Å². The van der Waals surface area contributed by atoms with E-state index in [1.165, 1.54) is 11.3 Å². The predicted octanol–water partition coefficient (Wildman–Crippen LogP) is 3.18. The Morgan fingerprint density at radius 3 is 2.58 bits per heavy atom. The summed E-state index contributed by atoms with van der Waals surface area (Å²) in [5, 5.41) is 10.0. The smallest absolute Gasteiger partial charge is 0.350 e. The Balaban J connectivity index is 0.00000480. The number of aliphatic imine (C=N–C) groups is 1. The lowest BCUT2D eigenvalue weighted by molar-refractivity contribution is -0.121. The summed E-state index contributed by atoms with van der Waals surface area (Å²) in [6.45, 7) is 6.78. The summed E-state index contributed by atoms with van der Waals surface area (Å²) >= 11 is 1.31. The van der Waals surface area contributed by atoms with Gasteiger partial charge in [0.15, 0.2) is 5.96 Å². The molecule has 0 saturated heterocycles. The van der Waals surface area contributed by atoms with Gasteiger partial charge in [-0.15, -0.1) is 35.3 Å². The first-order chi connectivity index (χ1) is 14.4. The maximum Gasteiger partial charge on any atom is 0.350 e. The van der Waals surface area contributed by atoms with E-state index in [0.29, 0.717) is 42.6 Å². The van der Waals surface area contributed by atoms with Crippen molar-refractivity contribution in [3.63, 3.8) is 0 Å². The molecule has 31 heavy (non-hydrogen) atoms. The van der Waals surface area contributed by atoms with Crippen molar-refractivity contribution in [2.24, 2.45) is 4.99 Å². The first kappa shape index (κ1) is 26.8. The fourth-order valence-corrected chi connectivity index (χ4v) is 3.59. The third-order valence-electron chi connectivity index (χ3n) is 4.20. The third kappa shape index (κ3) is 8.82. The molecule has 0 bridgehead atoms. The molecule has 0 spiro atoms. The van der Waals surface area contributed by atoms with Crippen molar-refractivity contribution in [1.82, 2.24) is 20.9 Å². The number of ether oxygens (including phenoxy) is 1. The molecule has 2 rings (SSSR count). The fraction of sp³-hybridized carbons (Fsp3) is 0.429. The molecule has 10 heteroatoms. The van der Waals surface area contributed by atoms with Crippen molar-refractivity contribution in [3.8, 4) is 0 Å². The van der Waals surface area contributed by atoms with Crippen LogP contribution in [0.1, 0.15) is 52.2 Å². The van der Waals surface area contributed by atoms with E-state index in [2.05, 4.69) is 25.9 Å². The number of guanidine groups is 1. The Hall–Kier alpha value is -2.21. The highest BCUT2D eigenvalue weighted by Gasteiger charge is 2.20. The number of carbonyl (C=O) groups is 2. The molecule has 0 fully saturated rings. The van der Waals surface area contributed by atoms with Crippen molar-refractivity contribution in [3.05, 3.63) is 51.5 Å². The second-order valence-corrected chi connectivity index (χ2v) is 7.60.